The van der Waals surface area contributed by atoms with Gasteiger partial charge in [-0.05, 0) is 58.2 Å². The lowest BCUT2D eigenvalue weighted by Crippen LogP contribution is -2.32. The second-order valence-corrected chi connectivity index (χ2v) is 5.43. The van der Waals surface area contributed by atoms with E-state index in [1.54, 1.807) is 0 Å². The summed E-state index contributed by atoms with van der Waals surface area (Å²) >= 11 is 0. The minimum atomic E-state index is 0.773. The summed E-state index contributed by atoms with van der Waals surface area (Å²) < 4.78 is 5.51. The van der Waals surface area contributed by atoms with E-state index in [-0.39, 0.29) is 0 Å². The fraction of sp³-hybridized carbons (Fsp3) is 1.00. The fourth-order valence-corrected chi connectivity index (χ4v) is 2.43. The van der Waals surface area contributed by atoms with Crippen molar-refractivity contribution in [1.29, 1.82) is 0 Å². The maximum atomic E-state index is 5.51. The third-order valence-electron chi connectivity index (χ3n) is 3.55. The van der Waals surface area contributed by atoms with Crippen molar-refractivity contribution in [2.24, 2.45) is 5.92 Å². The first kappa shape index (κ1) is 12.3. The summed E-state index contributed by atoms with van der Waals surface area (Å²) in [5, 5.41) is 3.56. The van der Waals surface area contributed by atoms with Crippen LogP contribution in [0.3, 0.4) is 0 Å². The van der Waals surface area contributed by atoms with Gasteiger partial charge in [-0.1, -0.05) is 0 Å². The van der Waals surface area contributed by atoms with Crippen molar-refractivity contribution < 1.29 is 4.74 Å². The van der Waals surface area contributed by atoms with Crippen LogP contribution in [0.15, 0.2) is 0 Å². The minimum Gasteiger partial charge on any atom is -0.381 e. The van der Waals surface area contributed by atoms with Crippen LogP contribution in [-0.2, 0) is 4.74 Å². The van der Waals surface area contributed by atoms with Crippen LogP contribution in [0.2, 0.25) is 0 Å². The van der Waals surface area contributed by atoms with Crippen molar-refractivity contribution >= 4 is 0 Å². The first-order chi connectivity index (χ1) is 7.84. The lowest BCUT2D eigenvalue weighted by molar-refractivity contribution is 0.0420. The van der Waals surface area contributed by atoms with E-state index >= 15 is 0 Å². The third kappa shape index (κ3) is 4.81. The molecule has 3 nitrogen and oxygen atoms in total. The molecule has 1 saturated heterocycles. The van der Waals surface area contributed by atoms with Crippen molar-refractivity contribution in [3.05, 3.63) is 0 Å². The van der Waals surface area contributed by atoms with Crippen LogP contribution >= 0.6 is 0 Å². The van der Waals surface area contributed by atoms with Gasteiger partial charge in [-0.3, -0.25) is 0 Å². The van der Waals surface area contributed by atoms with Gasteiger partial charge < -0.3 is 15.0 Å². The molecule has 1 saturated carbocycles. The molecule has 0 amide bonds. The summed E-state index contributed by atoms with van der Waals surface area (Å²) in [4.78, 5) is 2.47. The Kier molecular flexibility index (Phi) is 5.07. The number of ether oxygens (including phenoxy) is 1. The molecule has 1 aliphatic heterocycles. The van der Waals surface area contributed by atoms with Gasteiger partial charge in [-0.2, -0.15) is 0 Å². The number of hydrogen-bond acceptors (Lipinski definition) is 3. The zero-order valence-electron chi connectivity index (χ0n) is 10.6. The predicted octanol–water partition coefficient (Wildman–Crippen LogP) is 1.49. The van der Waals surface area contributed by atoms with Gasteiger partial charge in [0.2, 0.25) is 0 Å². The largest absolute Gasteiger partial charge is 0.381 e. The zero-order valence-corrected chi connectivity index (χ0v) is 10.6. The number of hydrogen-bond donors (Lipinski definition) is 1. The monoisotopic (exact) mass is 226 g/mol. The second-order valence-electron chi connectivity index (χ2n) is 5.43. The molecule has 3 heteroatoms. The van der Waals surface area contributed by atoms with Crippen molar-refractivity contribution in [3.63, 3.8) is 0 Å². The smallest absolute Gasteiger partial charge is 0.0506 e. The van der Waals surface area contributed by atoms with Crippen LogP contribution in [0, 0.1) is 5.92 Å². The Bertz CT molecular complexity index is 188. The molecule has 1 N–H and O–H groups in total. The van der Waals surface area contributed by atoms with Gasteiger partial charge in [0.05, 0.1) is 6.61 Å². The van der Waals surface area contributed by atoms with Crippen LogP contribution in [0.25, 0.3) is 0 Å². The van der Waals surface area contributed by atoms with Gasteiger partial charge in [-0.15, -0.1) is 0 Å². The lowest BCUT2D eigenvalue weighted by Gasteiger charge is -2.27. The average molecular weight is 226 g/mol. The van der Waals surface area contributed by atoms with E-state index in [2.05, 4.69) is 17.3 Å². The Morgan fingerprint density at radius 3 is 2.88 bits per heavy atom. The van der Waals surface area contributed by atoms with E-state index in [1.807, 2.05) is 0 Å². The van der Waals surface area contributed by atoms with Crippen LogP contribution in [0.4, 0.5) is 0 Å². The molecule has 1 unspecified atom stereocenters. The van der Waals surface area contributed by atoms with Gasteiger partial charge >= 0.3 is 0 Å². The van der Waals surface area contributed by atoms with Gasteiger partial charge in [-0.25, -0.2) is 0 Å². The van der Waals surface area contributed by atoms with E-state index in [4.69, 9.17) is 4.74 Å². The first-order valence-electron chi connectivity index (χ1n) is 6.84. The molecule has 94 valence electrons. The molecule has 2 fully saturated rings. The Balaban J connectivity index is 1.47. The molecule has 1 heterocycles. The Morgan fingerprint density at radius 1 is 1.31 bits per heavy atom. The molecule has 1 aliphatic carbocycles. The molecule has 1 atom stereocenters. The second kappa shape index (κ2) is 6.58. The average Bonchev–Trinajstić information content (AvgIpc) is 3.10. The summed E-state index contributed by atoms with van der Waals surface area (Å²) in [6.45, 7) is 5.58. The van der Waals surface area contributed by atoms with E-state index in [9.17, 15) is 0 Å². The quantitative estimate of drug-likeness (QED) is 0.666. The summed E-state index contributed by atoms with van der Waals surface area (Å²) in [7, 11) is 2.24. The Labute approximate surface area is 99.5 Å². The molecule has 0 radical (unpaired) electrons. The normalized spacial score (nSPS) is 26.2. The summed E-state index contributed by atoms with van der Waals surface area (Å²) in [5.41, 5.74) is 0. The molecule has 0 aromatic heterocycles. The number of nitrogens with zero attached hydrogens (tertiary/aromatic N) is 1. The summed E-state index contributed by atoms with van der Waals surface area (Å²) in [5.74, 6) is 0.773. The maximum absolute atomic E-state index is 5.51. The van der Waals surface area contributed by atoms with Crippen molar-refractivity contribution in [2.75, 3.05) is 39.9 Å². The topological polar surface area (TPSA) is 24.5 Å². The standard InChI is InChI=1S/C13H26N2O/c1-15(8-3-7-14-13-5-6-13)10-12-4-2-9-16-11-12/h12-14H,2-11H2,1H3. The molecule has 0 bridgehead atoms. The number of nitrogens with one attached hydrogen (secondary N) is 1. The van der Waals surface area contributed by atoms with Crippen LogP contribution in [0.1, 0.15) is 32.1 Å². The summed E-state index contributed by atoms with van der Waals surface area (Å²) in [6.07, 6.45) is 6.68. The molecule has 16 heavy (non-hydrogen) atoms. The van der Waals surface area contributed by atoms with E-state index in [0.29, 0.717) is 0 Å². The molecule has 0 spiro atoms. The highest BCUT2D eigenvalue weighted by molar-refractivity contribution is 4.80. The highest BCUT2D eigenvalue weighted by Gasteiger charge is 2.19. The number of rotatable bonds is 7. The van der Waals surface area contributed by atoms with Crippen LogP contribution in [0.5, 0.6) is 0 Å². The first-order valence-corrected chi connectivity index (χ1v) is 6.84. The zero-order chi connectivity index (χ0) is 11.2. The highest BCUT2D eigenvalue weighted by atomic mass is 16.5. The summed E-state index contributed by atoms with van der Waals surface area (Å²) in [6, 6.07) is 0.858. The van der Waals surface area contributed by atoms with Gasteiger partial charge in [0.25, 0.3) is 0 Å². The van der Waals surface area contributed by atoms with Crippen LogP contribution in [-0.4, -0.2) is 50.8 Å². The minimum absolute atomic E-state index is 0.773. The molecule has 2 aliphatic rings. The SMILES string of the molecule is CN(CCCNC1CC1)CC1CCCOC1. The third-order valence-corrected chi connectivity index (χ3v) is 3.55. The maximum Gasteiger partial charge on any atom is 0.0506 e. The predicted molar refractivity (Wildman–Crippen MR) is 66.7 cm³/mol. The lowest BCUT2D eigenvalue weighted by atomic mass is 10.0. The van der Waals surface area contributed by atoms with Gasteiger partial charge in [0, 0.05) is 19.2 Å². The molecular formula is C13H26N2O. The molecule has 0 aromatic rings. The van der Waals surface area contributed by atoms with Gasteiger partial charge in [0.1, 0.15) is 0 Å². The molecular weight excluding hydrogens is 200 g/mol. The van der Waals surface area contributed by atoms with E-state index in [1.165, 1.54) is 51.7 Å². The van der Waals surface area contributed by atoms with Crippen LogP contribution < -0.4 is 5.32 Å². The molecule has 0 aromatic carbocycles. The Morgan fingerprint density at radius 2 is 2.19 bits per heavy atom. The molecule has 2 rings (SSSR count). The van der Waals surface area contributed by atoms with E-state index in [0.717, 1.165) is 25.2 Å². The highest BCUT2D eigenvalue weighted by Crippen LogP contribution is 2.18. The van der Waals surface area contributed by atoms with Crippen molar-refractivity contribution in [1.82, 2.24) is 10.2 Å². The fourth-order valence-electron chi connectivity index (χ4n) is 2.43. The van der Waals surface area contributed by atoms with E-state index < -0.39 is 0 Å². The van der Waals surface area contributed by atoms with Crippen molar-refractivity contribution in [3.8, 4) is 0 Å². The van der Waals surface area contributed by atoms with Gasteiger partial charge in [0.15, 0.2) is 0 Å². The Hall–Kier alpha value is -0.120. The van der Waals surface area contributed by atoms with Crippen molar-refractivity contribution in [2.45, 2.75) is 38.1 Å².